The third-order valence-electron chi connectivity index (χ3n) is 3.15. The number of nitrogens with zero attached hydrogens (tertiary/aromatic N) is 1. The molecule has 2 aromatic rings. The Morgan fingerprint density at radius 1 is 1.19 bits per heavy atom. The highest BCUT2D eigenvalue weighted by molar-refractivity contribution is 7.09. The van der Waals surface area contributed by atoms with E-state index in [0.717, 1.165) is 16.3 Å². The number of ether oxygens (including phenoxy) is 1. The molecule has 112 valence electrons. The van der Waals surface area contributed by atoms with Crippen LogP contribution >= 0.6 is 11.3 Å². The summed E-state index contributed by atoms with van der Waals surface area (Å²) in [4.78, 5) is 16.5. The minimum atomic E-state index is -0.260. The number of hydrogen-bond donors (Lipinski definition) is 0. The molecule has 0 aliphatic rings. The SMILES string of the molecule is CC(C)c1nc(CC(=O)Oc2ccccc2C(C)C)cs1. The molecule has 3 nitrogen and oxygen atoms in total. The Morgan fingerprint density at radius 2 is 1.90 bits per heavy atom. The second-order valence-corrected chi connectivity index (χ2v) is 6.56. The number of esters is 1. The molecule has 0 N–H and O–H groups in total. The molecule has 0 atom stereocenters. The lowest BCUT2D eigenvalue weighted by Crippen LogP contribution is -2.13. The summed E-state index contributed by atoms with van der Waals surface area (Å²) in [5.41, 5.74) is 1.84. The molecule has 2 rings (SSSR count). The summed E-state index contributed by atoms with van der Waals surface area (Å²) >= 11 is 1.60. The molecule has 0 aliphatic heterocycles. The molecule has 1 aromatic heterocycles. The number of hydrogen-bond acceptors (Lipinski definition) is 4. The van der Waals surface area contributed by atoms with Gasteiger partial charge >= 0.3 is 5.97 Å². The zero-order valence-corrected chi connectivity index (χ0v) is 13.7. The van der Waals surface area contributed by atoms with E-state index < -0.39 is 0 Å². The van der Waals surface area contributed by atoms with Gasteiger partial charge in [-0.2, -0.15) is 0 Å². The van der Waals surface area contributed by atoms with Gasteiger partial charge < -0.3 is 4.74 Å². The van der Waals surface area contributed by atoms with Gasteiger partial charge in [-0.1, -0.05) is 45.9 Å². The maximum absolute atomic E-state index is 12.1. The summed E-state index contributed by atoms with van der Waals surface area (Å²) in [7, 11) is 0. The largest absolute Gasteiger partial charge is 0.426 e. The lowest BCUT2D eigenvalue weighted by atomic mass is 10.0. The minimum absolute atomic E-state index is 0.218. The van der Waals surface area contributed by atoms with Crippen LogP contribution in [0.3, 0.4) is 0 Å². The molecule has 1 aromatic carbocycles. The number of aromatic nitrogens is 1. The van der Waals surface area contributed by atoms with E-state index in [1.54, 1.807) is 11.3 Å². The van der Waals surface area contributed by atoms with Gasteiger partial charge in [-0.15, -0.1) is 11.3 Å². The van der Waals surface area contributed by atoms with Crippen LogP contribution < -0.4 is 4.74 Å². The van der Waals surface area contributed by atoms with Crippen molar-refractivity contribution >= 4 is 17.3 Å². The number of benzene rings is 1. The first-order valence-corrected chi connectivity index (χ1v) is 8.09. The Bertz CT molecular complexity index is 617. The second kappa shape index (κ2) is 6.85. The minimum Gasteiger partial charge on any atom is -0.426 e. The first-order valence-electron chi connectivity index (χ1n) is 7.21. The van der Waals surface area contributed by atoms with Gasteiger partial charge in [0, 0.05) is 11.3 Å². The fourth-order valence-corrected chi connectivity index (χ4v) is 2.86. The summed E-state index contributed by atoms with van der Waals surface area (Å²) in [5.74, 6) is 1.10. The van der Waals surface area contributed by atoms with E-state index in [-0.39, 0.29) is 12.4 Å². The fourth-order valence-electron chi connectivity index (χ4n) is 2.03. The molecule has 4 heteroatoms. The van der Waals surface area contributed by atoms with Crippen LogP contribution in [0.4, 0.5) is 0 Å². The summed E-state index contributed by atoms with van der Waals surface area (Å²) in [6.07, 6.45) is 0.218. The van der Waals surface area contributed by atoms with Gasteiger partial charge in [0.1, 0.15) is 5.75 Å². The first kappa shape index (κ1) is 15.7. The monoisotopic (exact) mass is 303 g/mol. The smallest absolute Gasteiger partial charge is 0.317 e. The highest BCUT2D eigenvalue weighted by Crippen LogP contribution is 2.26. The highest BCUT2D eigenvalue weighted by Gasteiger charge is 2.14. The van der Waals surface area contributed by atoms with Crippen LogP contribution in [0, 0.1) is 0 Å². The van der Waals surface area contributed by atoms with E-state index >= 15 is 0 Å². The molecule has 0 fully saturated rings. The molecule has 0 saturated carbocycles. The standard InChI is InChI=1S/C17H21NO2S/c1-11(2)14-7-5-6-8-15(14)20-16(19)9-13-10-21-17(18-13)12(3)4/h5-8,10-12H,9H2,1-4H3. The Morgan fingerprint density at radius 3 is 2.52 bits per heavy atom. The van der Waals surface area contributed by atoms with Crippen molar-refractivity contribution in [3.8, 4) is 5.75 Å². The van der Waals surface area contributed by atoms with Crippen LogP contribution in [0.1, 0.15) is 55.8 Å². The molecular weight excluding hydrogens is 282 g/mol. The van der Waals surface area contributed by atoms with Gasteiger partial charge in [-0.3, -0.25) is 4.79 Å². The third-order valence-corrected chi connectivity index (χ3v) is 4.35. The Kier molecular flexibility index (Phi) is 5.12. The van der Waals surface area contributed by atoms with Gasteiger partial charge in [0.2, 0.25) is 0 Å². The number of rotatable bonds is 5. The third kappa shape index (κ3) is 4.14. The van der Waals surface area contributed by atoms with Gasteiger partial charge in [-0.25, -0.2) is 4.98 Å². The van der Waals surface area contributed by atoms with Crippen molar-refractivity contribution in [1.29, 1.82) is 0 Å². The molecule has 0 radical (unpaired) electrons. The highest BCUT2D eigenvalue weighted by atomic mass is 32.1. The quantitative estimate of drug-likeness (QED) is 0.601. The van der Waals surface area contributed by atoms with Crippen molar-refractivity contribution < 1.29 is 9.53 Å². The average molecular weight is 303 g/mol. The predicted octanol–water partition coefficient (Wildman–Crippen LogP) is 4.54. The molecule has 1 heterocycles. The molecule has 0 saturated heterocycles. The van der Waals surface area contributed by atoms with Gasteiger partial charge in [0.15, 0.2) is 0 Å². The summed E-state index contributed by atoms with van der Waals surface area (Å²) in [6, 6.07) is 7.68. The normalized spacial score (nSPS) is 11.1. The van der Waals surface area contributed by atoms with Crippen molar-refractivity contribution in [2.45, 2.75) is 46.0 Å². The summed E-state index contributed by atoms with van der Waals surface area (Å²) < 4.78 is 5.51. The lowest BCUT2D eigenvalue weighted by molar-refractivity contribution is -0.133. The van der Waals surface area contributed by atoms with Gasteiger partial charge in [0.25, 0.3) is 0 Å². The maximum atomic E-state index is 12.1. The molecule has 0 amide bonds. The number of para-hydroxylation sites is 1. The lowest BCUT2D eigenvalue weighted by Gasteiger charge is -2.12. The molecule has 0 bridgehead atoms. The van der Waals surface area contributed by atoms with Crippen molar-refractivity contribution in [2.75, 3.05) is 0 Å². The number of carbonyl (C=O) groups excluding carboxylic acids is 1. The van der Waals surface area contributed by atoms with Crippen molar-refractivity contribution in [3.05, 3.63) is 45.9 Å². The van der Waals surface area contributed by atoms with E-state index in [0.29, 0.717) is 17.6 Å². The van der Waals surface area contributed by atoms with Crippen LogP contribution in [0.2, 0.25) is 0 Å². The van der Waals surface area contributed by atoms with Crippen LogP contribution in [0.5, 0.6) is 5.75 Å². The van der Waals surface area contributed by atoms with E-state index in [9.17, 15) is 4.79 Å². The van der Waals surface area contributed by atoms with Crippen molar-refractivity contribution in [3.63, 3.8) is 0 Å². The van der Waals surface area contributed by atoms with E-state index in [1.165, 1.54) is 0 Å². The van der Waals surface area contributed by atoms with Crippen molar-refractivity contribution in [2.24, 2.45) is 0 Å². The molecule has 0 spiro atoms. The topological polar surface area (TPSA) is 39.2 Å². The van der Waals surface area contributed by atoms with E-state index in [2.05, 4.69) is 32.7 Å². The Hall–Kier alpha value is -1.68. The predicted molar refractivity (Wildman–Crippen MR) is 86.1 cm³/mol. The zero-order valence-electron chi connectivity index (χ0n) is 12.9. The van der Waals surface area contributed by atoms with Crippen LogP contribution in [0.25, 0.3) is 0 Å². The molecule has 0 aliphatic carbocycles. The Balaban J connectivity index is 2.05. The first-order chi connectivity index (χ1) is 9.97. The molecular formula is C17H21NO2S. The van der Waals surface area contributed by atoms with Crippen LogP contribution in [-0.2, 0) is 11.2 Å². The van der Waals surface area contributed by atoms with Crippen LogP contribution in [-0.4, -0.2) is 11.0 Å². The maximum Gasteiger partial charge on any atom is 0.317 e. The fraction of sp³-hybridized carbons (Fsp3) is 0.412. The van der Waals surface area contributed by atoms with E-state index in [1.807, 2.05) is 29.6 Å². The van der Waals surface area contributed by atoms with Crippen LogP contribution in [0.15, 0.2) is 29.6 Å². The molecule has 21 heavy (non-hydrogen) atoms. The second-order valence-electron chi connectivity index (χ2n) is 5.68. The Labute approximate surface area is 130 Å². The summed E-state index contributed by atoms with van der Waals surface area (Å²) in [6.45, 7) is 8.36. The number of carbonyl (C=O) groups is 1. The van der Waals surface area contributed by atoms with Gasteiger partial charge in [-0.05, 0) is 17.5 Å². The number of thiazole rings is 1. The zero-order chi connectivity index (χ0) is 15.4. The average Bonchev–Trinajstić information content (AvgIpc) is 2.87. The van der Waals surface area contributed by atoms with Crippen molar-refractivity contribution in [1.82, 2.24) is 4.98 Å². The summed E-state index contributed by atoms with van der Waals surface area (Å²) in [5, 5.41) is 2.99. The van der Waals surface area contributed by atoms with E-state index in [4.69, 9.17) is 4.74 Å². The van der Waals surface area contributed by atoms with Gasteiger partial charge in [0.05, 0.1) is 17.1 Å². The molecule has 0 unspecified atom stereocenters.